The first-order chi connectivity index (χ1) is 14.4. The van der Waals surface area contributed by atoms with E-state index in [1.165, 1.54) is 28.7 Å². The molecule has 0 saturated carbocycles. The zero-order chi connectivity index (χ0) is 21.5. The van der Waals surface area contributed by atoms with Gasteiger partial charge in [0, 0.05) is 30.7 Å². The summed E-state index contributed by atoms with van der Waals surface area (Å²) in [6.45, 7) is 6.14. The minimum atomic E-state index is -0.230. The van der Waals surface area contributed by atoms with Gasteiger partial charge in [0.2, 0.25) is 5.91 Å². The van der Waals surface area contributed by atoms with E-state index >= 15 is 0 Å². The molecule has 1 amide bonds. The van der Waals surface area contributed by atoms with Crippen molar-refractivity contribution in [2.75, 3.05) is 0 Å². The predicted molar refractivity (Wildman–Crippen MR) is 120 cm³/mol. The molecule has 6 heteroatoms. The van der Waals surface area contributed by atoms with E-state index in [0.29, 0.717) is 16.8 Å². The molecule has 1 N–H and O–H groups in total. The fourth-order valence-corrected chi connectivity index (χ4v) is 3.29. The Hall–Kier alpha value is -3.28. The number of hydrogen-bond donors (Lipinski definition) is 1. The normalized spacial score (nSPS) is 12.5. The van der Waals surface area contributed by atoms with Crippen molar-refractivity contribution < 1.29 is 4.79 Å². The standard InChI is InChI=1S/C24H28N4O2/c1-17(2)20-9-10-22-21(14-20)24(30)28(16-26-22)13-11-23(29)27-18(3)6-4-7-19-8-5-12-25-15-19/h5,8-18H,4,6-7H2,1-3H3,(H,27,29)/b13-11+. The maximum Gasteiger partial charge on any atom is 0.265 e. The number of fused-ring (bicyclic) bond motifs is 1. The molecule has 3 rings (SSSR count). The van der Waals surface area contributed by atoms with Crippen LogP contribution in [0.2, 0.25) is 0 Å². The summed E-state index contributed by atoms with van der Waals surface area (Å²) in [6.07, 6.45) is 10.7. The van der Waals surface area contributed by atoms with Crippen LogP contribution in [-0.2, 0) is 11.2 Å². The van der Waals surface area contributed by atoms with E-state index in [-0.39, 0.29) is 17.5 Å². The van der Waals surface area contributed by atoms with E-state index < -0.39 is 0 Å². The third-order valence-corrected chi connectivity index (χ3v) is 5.07. The fourth-order valence-electron chi connectivity index (χ4n) is 3.29. The molecule has 0 radical (unpaired) electrons. The van der Waals surface area contributed by atoms with Gasteiger partial charge in [-0.2, -0.15) is 0 Å². The Labute approximate surface area is 176 Å². The molecule has 0 saturated heterocycles. The number of amides is 1. The first-order valence-electron chi connectivity index (χ1n) is 10.3. The topological polar surface area (TPSA) is 76.9 Å². The molecule has 0 spiro atoms. The molecular formula is C24H28N4O2. The van der Waals surface area contributed by atoms with Crippen LogP contribution < -0.4 is 10.9 Å². The first-order valence-corrected chi connectivity index (χ1v) is 10.3. The minimum Gasteiger partial charge on any atom is -0.350 e. The third-order valence-electron chi connectivity index (χ3n) is 5.07. The average molecular weight is 405 g/mol. The van der Waals surface area contributed by atoms with E-state index in [1.807, 2.05) is 37.4 Å². The van der Waals surface area contributed by atoms with Crippen LogP contribution >= 0.6 is 0 Å². The zero-order valence-electron chi connectivity index (χ0n) is 17.7. The van der Waals surface area contributed by atoms with Crippen molar-refractivity contribution in [3.8, 4) is 0 Å². The third kappa shape index (κ3) is 5.63. The smallest absolute Gasteiger partial charge is 0.265 e. The number of benzene rings is 1. The van der Waals surface area contributed by atoms with Gasteiger partial charge in [-0.05, 0) is 61.4 Å². The molecule has 2 heterocycles. The van der Waals surface area contributed by atoms with E-state index in [4.69, 9.17) is 0 Å². The summed E-state index contributed by atoms with van der Waals surface area (Å²) in [6, 6.07) is 9.75. The van der Waals surface area contributed by atoms with Crippen LogP contribution in [0.5, 0.6) is 0 Å². The molecule has 0 aliphatic heterocycles. The number of carbonyl (C=O) groups is 1. The van der Waals surface area contributed by atoms with E-state index in [2.05, 4.69) is 35.2 Å². The van der Waals surface area contributed by atoms with E-state index in [1.54, 1.807) is 6.20 Å². The highest BCUT2D eigenvalue weighted by atomic mass is 16.1. The van der Waals surface area contributed by atoms with Gasteiger partial charge < -0.3 is 5.32 Å². The van der Waals surface area contributed by atoms with Gasteiger partial charge in [-0.1, -0.05) is 26.0 Å². The van der Waals surface area contributed by atoms with Crippen LogP contribution in [0.25, 0.3) is 17.1 Å². The lowest BCUT2D eigenvalue weighted by atomic mass is 10.0. The Bertz CT molecular complexity index is 1090. The lowest BCUT2D eigenvalue weighted by molar-refractivity contribution is -0.117. The van der Waals surface area contributed by atoms with Crippen LogP contribution in [0.1, 0.15) is 50.7 Å². The highest BCUT2D eigenvalue weighted by Gasteiger charge is 2.08. The molecule has 0 aliphatic carbocycles. The molecule has 1 unspecified atom stereocenters. The van der Waals surface area contributed by atoms with Crippen LogP contribution in [0.4, 0.5) is 0 Å². The second-order valence-corrected chi connectivity index (χ2v) is 7.87. The van der Waals surface area contributed by atoms with Crippen LogP contribution in [0.15, 0.2) is 59.9 Å². The summed E-state index contributed by atoms with van der Waals surface area (Å²) in [4.78, 5) is 33.4. The molecular weight excluding hydrogens is 376 g/mol. The number of hydrogen-bond acceptors (Lipinski definition) is 4. The van der Waals surface area contributed by atoms with Crippen LogP contribution in [0, 0.1) is 0 Å². The van der Waals surface area contributed by atoms with Crippen molar-refractivity contribution in [2.45, 2.75) is 52.0 Å². The number of rotatable bonds is 8. The van der Waals surface area contributed by atoms with Crippen molar-refractivity contribution >= 4 is 23.0 Å². The molecule has 3 aromatic rings. The van der Waals surface area contributed by atoms with Gasteiger partial charge in [-0.25, -0.2) is 4.98 Å². The lowest BCUT2D eigenvalue weighted by Crippen LogP contribution is -2.31. The van der Waals surface area contributed by atoms with Gasteiger partial charge in [0.15, 0.2) is 0 Å². The summed E-state index contributed by atoms with van der Waals surface area (Å²) in [5.74, 6) is 0.0928. The lowest BCUT2D eigenvalue weighted by Gasteiger charge is -2.12. The SMILES string of the molecule is CC(CCCc1cccnc1)NC(=O)/C=C/n1cnc2ccc(C(C)C)cc2c1=O. The highest BCUT2D eigenvalue weighted by Crippen LogP contribution is 2.17. The highest BCUT2D eigenvalue weighted by molar-refractivity contribution is 5.90. The molecule has 6 nitrogen and oxygen atoms in total. The second-order valence-electron chi connectivity index (χ2n) is 7.87. The zero-order valence-corrected chi connectivity index (χ0v) is 17.7. The average Bonchev–Trinajstić information content (AvgIpc) is 2.74. The first kappa shape index (κ1) is 21.4. The van der Waals surface area contributed by atoms with Crippen molar-refractivity contribution in [2.24, 2.45) is 0 Å². The van der Waals surface area contributed by atoms with E-state index in [9.17, 15) is 9.59 Å². The summed E-state index contributed by atoms with van der Waals surface area (Å²) in [5, 5.41) is 3.49. The number of carbonyl (C=O) groups excluding carboxylic acids is 1. The second kappa shape index (κ2) is 9.96. The monoisotopic (exact) mass is 404 g/mol. The molecule has 0 bridgehead atoms. The van der Waals surface area contributed by atoms with Crippen LogP contribution in [0.3, 0.4) is 0 Å². The quantitative estimate of drug-likeness (QED) is 0.578. The molecule has 30 heavy (non-hydrogen) atoms. The van der Waals surface area contributed by atoms with Crippen molar-refractivity contribution in [3.63, 3.8) is 0 Å². The molecule has 156 valence electrons. The van der Waals surface area contributed by atoms with E-state index in [0.717, 1.165) is 24.8 Å². The van der Waals surface area contributed by atoms with Crippen molar-refractivity contribution in [3.05, 3.63) is 76.6 Å². The van der Waals surface area contributed by atoms with Crippen molar-refractivity contribution in [1.29, 1.82) is 0 Å². The van der Waals surface area contributed by atoms with Gasteiger partial charge in [0.1, 0.15) is 6.33 Å². The number of pyridine rings is 1. The van der Waals surface area contributed by atoms with Crippen molar-refractivity contribution in [1.82, 2.24) is 19.9 Å². The van der Waals surface area contributed by atoms with Gasteiger partial charge in [-0.3, -0.25) is 19.1 Å². The maximum absolute atomic E-state index is 12.7. The fraction of sp³-hybridized carbons (Fsp3) is 0.333. The minimum absolute atomic E-state index is 0.0406. The Morgan fingerprint density at radius 1 is 1.23 bits per heavy atom. The summed E-state index contributed by atoms with van der Waals surface area (Å²) in [5.41, 5.74) is 2.75. The van der Waals surface area contributed by atoms with Gasteiger partial charge >= 0.3 is 0 Å². The largest absolute Gasteiger partial charge is 0.350 e. The maximum atomic E-state index is 12.7. The summed E-state index contributed by atoms with van der Waals surface area (Å²) < 4.78 is 1.35. The molecule has 2 aromatic heterocycles. The van der Waals surface area contributed by atoms with Gasteiger partial charge in [0.05, 0.1) is 10.9 Å². The van der Waals surface area contributed by atoms with Gasteiger partial charge in [-0.15, -0.1) is 0 Å². The number of nitrogens with one attached hydrogen (secondary N) is 1. The molecule has 1 atom stereocenters. The molecule has 1 aromatic carbocycles. The molecule has 0 aliphatic rings. The summed E-state index contributed by atoms with van der Waals surface area (Å²) in [7, 11) is 0. The predicted octanol–water partition coefficient (Wildman–Crippen LogP) is 3.91. The summed E-state index contributed by atoms with van der Waals surface area (Å²) >= 11 is 0. The van der Waals surface area contributed by atoms with Crippen LogP contribution in [-0.4, -0.2) is 26.5 Å². The number of aryl methyl sites for hydroxylation is 1. The molecule has 0 fully saturated rings. The Kier molecular flexibility index (Phi) is 7.12. The number of aromatic nitrogens is 3. The Balaban J connectivity index is 1.59. The number of nitrogens with zero attached hydrogens (tertiary/aromatic N) is 3. The Morgan fingerprint density at radius 3 is 2.80 bits per heavy atom. The van der Waals surface area contributed by atoms with Gasteiger partial charge in [0.25, 0.3) is 5.56 Å². The Morgan fingerprint density at radius 2 is 2.07 bits per heavy atom.